The van der Waals surface area contributed by atoms with E-state index in [0.717, 1.165) is 25.9 Å². The maximum absolute atomic E-state index is 10.9. The Bertz CT molecular complexity index is 427. The van der Waals surface area contributed by atoms with Gasteiger partial charge in [-0.3, -0.25) is 4.90 Å². The third-order valence-corrected chi connectivity index (χ3v) is 3.44. The summed E-state index contributed by atoms with van der Waals surface area (Å²) in [5.41, 5.74) is 0.237. The third-order valence-electron chi connectivity index (χ3n) is 3.44. The molecule has 0 aliphatic carbocycles. The van der Waals surface area contributed by atoms with Crippen LogP contribution in [-0.2, 0) is 6.54 Å². The van der Waals surface area contributed by atoms with Crippen LogP contribution in [0, 0.1) is 12.8 Å². The summed E-state index contributed by atoms with van der Waals surface area (Å²) in [5, 5.41) is 18.1. The lowest BCUT2D eigenvalue weighted by Gasteiger charge is -2.30. The number of rotatable bonds is 4. The van der Waals surface area contributed by atoms with Crippen molar-refractivity contribution in [1.82, 2.24) is 4.90 Å². The molecule has 1 unspecified atom stereocenters. The molecule has 5 nitrogen and oxygen atoms in total. The van der Waals surface area contributed by atoms with Gasteiger partial charge in [0.2, 0.25) is 0 Å². The molecule has 1 aromatic heterocycles. The molecule has 1 aromatic rings. The lowest BCUT2D eigenvalue weighted by atomic mass is 9.99. The van der Waals surface area contributed by atoms with Gasteiger partial charge in [-0.25, -0.2) is 4.79 Å². The monoisotopic (exact) mass is 253 g/mol. The van der Waals surface area contributed by atoms with Crippen LogP contribution in [0.2, 0.25) is 0 Å². The van der Waals surface area contributed by atoms with Crippen LogP contribution in [0.3, 0.4) is 0 Å². The molecule has 0 saturated carbocycles. The number of aromatic carboxylic acids is 1. The molecule has 2 heterocycles. The van der Waals surface area contributed by atoms with E-state index in [9.17, 15) is 4.79 Å². The van der Waals surface area contributed by atoms with Crippen molar-refractivity contribution < 1.29 is 19.4 Å². The summed E-state index contributed by atoms with van der Waals surface area (Å²) < 4.78 is 5.46. The Morgan fingerprint density at radius 3 is 3.00 bits per heavy atom. The zero-order valence-corrected chi connectivity index (χ0v) is 10.6. The standard InChI is InChI=1S/C13H19NO4/c1-9-12(13(16)17)5-11(18-9)7-14-4-2-3-10(6-14)8-15/h5,10,15H,2-4,6-8H2,1H3,(H,16,17). The van der Waals surface area contributed by atoms with Crippen LogP contribution >= 0.6 is 0 Å². The SMILES string of the molecule is Cc1oc(CN2CCCC(CO)C2)cc1C(=O)O. The Kier molecular flexibility index (Phi) is 4.04. The number of furan rings is 1. The van der Waals surface area contributed by atoms with Gasteiger partial charge in [-0.2, -0.15) is 0 Å². The predicted molar refractivity (Wildman–Crippen MR) is 65.5 cm³/mol. The maximum Gasteiger partial charge on any atom is 0.339 e. The molecule has 0 bridgehead atoms. The van der Waals surface area contributed by atoms with Gasteiger partial charge in [0.1, 0.15) is 17.1 Å². The Morgan fingerprint density at radius 2 is 2.39 bits per heavy atom. The number of hydrogen-bond donors (Lipinski definition) is 2. The first-order valence-electron chi connectivity index (χ1n) is 6.26. The summed E-state index contributed by atoms with van der Waals surface area (Å²) in [4.78, 5) is 13.1. The van der Waals surface area contributed by atoms with Crippen molar-refractivity contribution in [3.05, 3.63) is 23.2 Å². The summed E-state index contributed by atoms with van der Waals surface area (Å²) >= 11 is 0. The van der Waals surface area contributed by atoms with Gasteiger partial charge in [0.05, 0.1) is 6.54 Å². The molecule has 100 valence electrons. The minimum absolute atomic E-state index is 0.216. The van der Waals surface area contributed by atoms with Crippen LogP contribution in [0.1, 0.15) is 34.7 Å². The van der Waals surface area contributed by atoms with Crippen LogP contribution in [0.5, 0.6) is 0 Å². The van der Waals surface area contributed by atoms with E-state index in [1.54, 1.807) is 13.0 Å². The molecule has 0 spiro atoms. The second-order valence-electron chi connectivity index (χ2n) is 4.91. The second kappa shape index (κ2) is 5.54. The first-order valence-corrected chi connectivity index (χ1v) is 6.26. The van der Waals surface area contributed by atoms with E-state index in [2.05, 4.69) is 4.90 Å². The van der Waals surface area contributed by atoms with E-state index in [-0.39, 0.29) is 12.2 Å². The second-order valence-corrected chi connectivity index (χ2v) is 4.91. The summed E-state index contributed by atoms with van der Waals surface area (Å²) in [6.45, 7) is 4.32. The van der Waals surface area contributed by atoms with Gasteiger partial charge in [-0.15, -0.1) is 0 Å². The number of aliphatic hydroxyl groups excluding tert-OH is 1. The highest BCUT2D eigenvalue weighted by atomic mass is 16.4. The number of likely N-dealkylation sites (tertiary alicyclic amines) is 1. The summed E-state index contributed by atoms with van der Waals surface area (Å²) in [6.07, 6.45) is 2.13. The van der Waals surface area contributed by atoms with Gasteiger partial charge in [0.15, 0.2) is 0 Å². The molecule has 2 N–H and O–H groups in total. The van der Waals surface area contributed by atoms with E-state index in [1.165, 1.54) is 0 Å². The Morgan fingerprint density at radius 1 is 1.61 bits per heavy atom. The van der Waals surface area contributed by atoms with Crippen molar-refractivity contribution in [1.29, 1.82) is 0 Å². The van der Waals surface area contributed by atoms with Crippen LogP contribution in [0.15, 0.2) is 10.5 Å². The molecular formula is C13H19NO4. The van der Waals surface area contributed by atoms with Crippen LogP contribution in [0.4, 0.5) is 0 Å². The van der Waals surface area contributed by atoms with Crippen molar-refractivity contribution in [2.24, 2.45) is 5.92 Å². The fourth-order valence-corrected chi connectivity index (χ4v) is 2.50. The number of piperidine rings is 1. The number of hydrogen-bond acceptors (Lipinski definition) is 4. The lowest BCUT2D eigenvalue weighted by molar-refractivity contribution is 0.0695. The summed E-state index contributed by atoms with van der Waals surface area (Å²) in [6, 6.07) is 1.60. The van der Waals surface area contributed by atoms with Gasteiger partial charge in [-0.1, -0.05) is 0 Å². The molecule has 1 fully saturated rings. The molecular weight excluding hydrogens is 234 g/mol. The van der Waals surface area contributed by atoms with Crippen LogP contribution in [-0.4, -0.2) is 40.8 Å². The number of carboxylic acid groups (broad SMARTS) is 1. The molecule has 1 aliphatic heterocycles. The quantitative estimate of drug-likeness (QED) is 0.850. The smallest absolute Gasteiger partial charge is 0.339 e. The normalized spacial score (nSPS) is 21.1. The Balaban J connectivity index is 2.00. The lowest BCUT2D eigenvalue weighted by Crippen LogP contribution is -2.36. The topological polar surface area (TPSA) is 73.9 Å². The highest BCUT2D eigenvalue weighted by molar-refractivity contribution is 5.88. The van der Waals surface area contributed by atoms with E-state index >= 15 is 0 Å². The van der Waals surface area contributed by atoms with Crippen molar-refractivity contribution in [3.63, 3.8) is 0 Å². The van der Waals surface area contributed by atoms with Crippen molar-refractivity contribution in [2.45, 2.75) is 26.3 Å². The first kappa shape index (κ1) is 13.1. The molecule has 18 heavy (non-hydrogen) atoms. The van der Waals surface area contributed by atoms with Crippen LogP contribution < -0.4 is 0 Å². The number of aryl methyl sites for hydroxylation is 1. The van der Waals surface area contributed by atoms with Crippen molar-refractivity contribution in [2.75, 3.05) is 19.7 Å². The molecule has 1 aliphatic rings. The van der Waals surface area contributed by atoms with Gasteiger partial charge in [-0.05, 0) is 38.3 Å². The highest BCUT2D eigenvalue weighted by Gasteiger charge is 2.21. The van der Waals surface area contributed by atoms with Gasteiger partial charge in [0, 0.05) is 13.2 Å². The van der Waals surface area contributed by atoms with Crippen LogP contribution in [0.25, 0.3) is 0 Å². The molecule has 2 rings (SSSR count). The average molecular weight is 253 g/mol. The number of aliphatic hydroxyl groups is 1. The van der Waals surface area contributed by atoms with Gasteiger partial charge >= 0.3 is 5.97 Å². The molecule has 5 heteroatoms. The first-order chi connectivity index (χ1) is 8.60. The molecule has 0 aromatic carbocycles. The fourth-order valence-electron chi connectivity index (χ4n) is 2.50. The zero-order chi connectivity index (χ0) is 13.1. The third kappa shape index (κ3) is 2.91. The van der Waals surface area contributed by atoms with Crippen molar-refractivity contribution in [3.8, 4) is 0 Å². The van der Waals surface area contributed by atoms with E-state index in [0.29, 0.717) is 24.0 Å². The van der Waals surface area contributed by atoms with E-state index in [1.807, 2.05) is 0 Å². The maximum atomic E-state index is 10.9. The highest BCUT2D eigenvalue weighted by Crippen LogP contribution is 2.21. The average Bonchev–Trinajstić information content (AvgIpc) is 2.70. The minimum Gasteiger partial charge on any atom is -0.478 e. The number of carbonyl (C=O) groups is 1. The fraction of sp³-hybridized carbons (Fsp3) is 0.615. The Hall–Kier alpha value is -1.33. The molecule has 0 radical (unpaired) electrons. The molecule has 1 saturated heterocycles. The van der Waals surface area contributed by atoms with E-state index in [4.69, 9.17) is 14.6 Å². The van der Waals surface area contributed by atoms with E-state index < -0.39 is 5.97 Å². The largest absolute Gasteiger partial charge is 0.478 e. The number of carboxylic acids is 1. The Labute approximate surface area is 106 Å². The van der Waals surface area contributed by atoms with Crippen molar-refractivity contribution >= 4 is 5.97 Å². The number of nitrogens with zero attached hydrogens (tertiary/aromatic N) is 1. The minimum atomic E-state index is -0.950. The summed E-state index contributed by atoms with van der Waals surface area (Å²) in [5.74, 6) is 0.514. The van der Waals surface area contributed by atoms with Gasteiger partial charge in [0.25, 0.3) is 0 Å². The summed E-state index contributed by atoms with van der Waals surface area (Å²) in [7, 11) is 0. The zero-order valence-electron chi connectivity index (χ0n) is 10.6. The van der Waals surface area contributed by atoms with Gasteiger partial charge < -0.3 is 14.6 Å². The molecule has 1 atom stereocenters. The predicted octanol–water partition coefficient (Wildman–Crippen LogP) is 1.49. The molecule has 0 amide bonds.